The maximum Gasteiger partial charge on any atom is 0.00965 e. The molecule has 0 spiro atoms. The fraction of sp³-hybridized carbons (Fsp3) is 1.00. The molecule has 0 aliphatic heterocycles. The molecule has 0 amide bonds. The highest BCUT2D eigenvalue weighted by Gasteiger charge is 2.33. The van der Waals surface area contributed by atoms with Crippen LogP contribution in [0.25, 0.3) is 0 Å². The van der Waals surface area contributed by atoms with E-state index >= 15 is 0 Å². The van der Waals surface area contributed by atoms with Crippen LogP contribution in [0.4, 0.5) is 0 Å². The minimum absolute atomic E-state index is 0.864. The maximum absolute atomic E-state index is 4.31. The molecule has 1 unspecified atom stereocenters. The van der Waals surface area contributed by atoms with E-state index in [4.69, 9.17) is 0 Å². The molecular weight excluding hydrogens is 202 g/mol. The Morgan fingerprint density at radius 3 is 2.47 bits per heavy atom. The summed E-state index contributed by atoms with van der Waals surface area (Å²) in [7, 11) is 0. The maximum atomic E-state index is 4.31. The van der Waals surface area contributed by atoms with Gasteiger partial charge in [0.15, 0.2) is 0 Å². The van der Waals surface area contributed by atoms with Gasteiger partial charge in [0.1, 0.15) is 0 Å². The van der Waals surface area contributed by atoms with Crippen LogP contribution in [0.3, 0.4) is 0 Å². The number of rotatable bonds is 8. The fourth-order valence-corrected chi connectivity index (χ4v) is 2.69. The van der Waals surface area contributed by atoms with Gasteiger partial charge in [0.25, 0.3) is 0 Å². The molecule has 0 N–H and O–H groups in total. The predicted octanol–water partition coefficient (Wildman–Crippen LogP) is 3.21. The summed E-state index contributed by atoms with van der Waals surface area (Å²) in [4.78, 5) is 2.77. The van der Waals surface area contributed by atoms with Crippen molar-refractivity contribution in [3.63, 3.8) is 0 Å². The molecule has 88 valence electrons. The van der Waals surface area contributed by atoms with Gasteiger partial charge in [-0.15, -0.1) is 0 Å². The molecule has 2 saturated carbocycles. The molecular formula is C13H25NS. The van der Waals surface area contributed by atoms with E-state index in [1.165, 1.54) is 51.6 Å². The first-order chi connectivity index (χ1) is 7.29. The zero-order chi connectivity index (χ0) is 10.7. The first-order valence-electron chi connectivity index (χ1n) is 6.64. The lowest BCUT2D eigenvalue weighted by Crippen LogP contribution is -2.30. The zero-order valence-electron chi connectivity index (χ0n) is 9.99. The summed E-state index contributed by atoms with van der Waals surface area (Å²) in [5.74, 6) is 2.97. The van der Waals surface area contributed by atoms with E-state index in [0.717, 1.165) is 23.6 Å². The van der Waals surface area contributed by atoms with Gasteiger partial charge in [-0.1, -0.05) is 6.92 Å². The monoisotopic (exact) mass is 227 g/mol. The third-order valence-electron chi connectivity index (χ3n) is 3.78. The Labute approximate surface area is 100 Å². The van der Waals surface area contributed by atoms with E-state index in [1.807, 2.05) is 0 Å². The van der Waals surface area contributed by atoms with Crippen LogP contribution in [-0.4, -0.2) is 29.8 Å². The van der Waals surface area contributed by atoms with E-state index in [1.54, 1.807) is 0 Å². The quantitative estimate of drug-likeness (QED) is 0.623. The van der Waals surface area contributed by atoms with Crippen molar-refractivity contribution in [1.29, 1.82) is 0 Å². The lowest BCUT2D eigenvalue weighted by Gasteiger charge is -2.23. The van der Waals surface area contributed by atoms with Crippen LogP contribution < -0.4 is 0 Å². The summed E-state index contributed by atoms with van der Waals surface area (Å²) in [5.41, 5.74) is 0. The van der Waals surface area contributed by atoms with E-state index in [9.17, 15) is 0 Å². The van der Waals surface area contributed by atoms with Crippen LogP contribution in [-0.2, 0) is 0 Å². The van der Waals surface area contributed by atoms with E-state index in [0.29, 0.717) is 0 Å². The zero-order valence-corrected chi connectivity index (χ0v) is 10.9. The van der Waals surface area contributed by atoms with Crippen molar-refractivity contribution < 1.29 is 0 Å². The predicted molar refractivity (Wildman–Crippen MR) is 69.6 cm³/mol. The normalized spacial score (nSPS) is 23.4. The summed E-state index contributed by atoms with van der Waals surface area (Å²) < 4.78 is 0. The van der Waals surface area contributed by atoms with Gasteiger partial charge in [0, 0.05) is 12.6 Å². The van der Waals surface area contributed by atoms with E-state index in [2.05, 4.69) is 24.5 Å². The molecule has 0 radical (unpaired) electrons. The Morgan fingerprint density at radius 2 is 1.93 bits per heavy atom. The summed E-state index contributed by atoms with van der Waals surface area (Å²) in [5, 5.41) is 0. The molecule has 1 nitrogen and oxygen atoms in total. The van der Waals surface area contributed by atoms with Crippen LogP contribution in [0.1, 0.15) is 45.4 Å². The second-order valence-corrected chi connectivity index (χ2v) is 6.02. The number of nitrogens with zero attached hydrogens (tertiary/aromatic N) is 1. The molecule has 1 atom stereocenters. The van der Waals surface area contributed by atoms with Crippen molar-refractivity contribution in [2.45, 2.75) is 51.5 Å². The van der Waals surface area contributed by atoms with Gasteiger partial charge in [-0.25, -0.2) is 0 Å². The van der Waals surface area contributed by atoms with Gasteiger partial charge in [-0.2, -0.15) is 12.6 Å². The van der Waals surface area contributed by atoms with E-state index in [-0.39, 0.29) is 0 Å². The van der Waals surface area contributed by atoms with Crippen LogP contribution in [0.15, 0.2) is 0 Å². The molecule has 2 heteroatoms. The summed E-state index contributed by atoms with van der Waals surface area (Å²) in [6.45, 7) is 5.12. The van der Waals surface area contributed by atoms with Crippen molar-refractivity contribution in [3.05, 3.63) is 0 Å². The standard InChI is InChI=1S/C13H25NS/c1-11(7-9-15)6-8-14(13-4-5-13)10-12-2-3-12/h11-13,15H,2-10H2,1H3. The largest absolute Gasteiger partial charge is 0.300 e. The molecule has 0 heterocycles. The Balaban J connectivity index is 1.64. The average Bonchev–Trinajstić information content (AvgIpc) is 3.02. The summed E-state index contributed by atoms with van der Waals surface area (Å²) >= 11 is 4.31. The first kappa shape index (κ1) is 11.8. The van der Waals surface area contributed by atoms with Crippen molar-refractivity contribution in [2.75, 3.05) is 18.8 Å². The summed E-state index contributed by atoms with van der Waals surface area (Å²) in [6, 6.07) is 0.966. The number of thiol groups is 1. The molecule has 0 bridgehead atoms. The third-order valence-corrected chi connectivity index (χ3v) is 4.04. The van der Waals surface area contributed by atoms with Gasteiger partial charge in [0.2, 0.25) is 0 Å². The molecule has 0 aromatic carbocycles. The van der Waals surface area contributed by atoms with Gasteiger partial charge in [-0.05, 0) is 62.7 Å². The molecule has 2 rings (SSSR count). The minimum Gasteiger partial charge on any atom is -0.300 e. The molecule has 2 fully saturated rings. The number of hydrogen-bond acceptors (Lipinski definition) is 2. The smallest absolute Gasteiger partial charge is 0.00965 e. The highest BCUT2D eigenvalue weighted by atomic mass is 32.1. The van der Waals surface area contributed by atoms with Crippen LogP contribution >= 0.6 is 12.6 Å². The molecule has 0 aromatic rings. The lowest BCUT2D eigenvalue weighted by molar-refractivity contribution is 0.234. The van der Waals surface area contributed by atoms with Crippen LogP contribution in [0, 0.1) is 11.8 Å². The van der Waals surface area contributed by atoms with Gasteiger partial charge in [-0.3, -0.25) is 0 Å². The van der Waals surface area contributed by atoms with Crippen molar-refractivity contribution in [1.82, 2.24) is 4.90 Å². The Bertz CT molecular complexity index is 187. The third kappa shape index (κ3) is 4.36. The highest BCUT2D eigenvalue weighted by Crippen LogP contribution is 2.35. The lowest BCUT2D eigenvalue weighted by atomic mass is 10.0. The molecule has 2 aliphatic carbocycles. The van der Waals surface area contributed by atoms with Gasteiger partial charge >= 0.3 is 0 Å². The molecule has 0 aromatic heterocycles. The highest BCUT2D eigenvalue weighted by molar-refractivity contribution is 7.80. The molecule has 2 aliphatic rings. The van der Waals surface area contributed by atoms with Gasteiger partial charge < -0.3 is 4.90 Å². The summed E-state index contributed by atoms with van der Waals surface area (Å²) in [6.07, 6.45) is 8.58. The average molecular weight is 227 g/mol. The minimum atomic E-state index is 0.864. The second kappa shape index (κ2) is 5.58. The topological polar surface area (TPSA) is 3.24 Å². The SMILES string of the molecule is CC(CCS)CCN(CC1CC1)C1CC1. The second-order valence-electron chi connectivity index (χ2n) is 5.58. The molecule has 15 heavy (non-hydrogen) atoms. The number of hydrogen-bond donors (Lipinski definition) is 1. The first-order valence-corrected chi connectivity index (χ1v) is 7.27. The van der Waals surface area contributed by atoms with Gasteiger partial charge in [0.05, 0.1) is 0 Å². The Kier molecular flexibility index (Phi) is 4.39. The van der Waals surface area contributed by atoms with Crippen molar-refractivity contribution in [2.24, 2.45) is 11.8 Å². The molecule has 0 saturated heterocycles. The van der Waals surface area contributed by atoms with Crippen molar-refractivity contribution in [3.8, 4) is 0 Å². The fourth-order valence-electron chi connectivity index (χ4n) is 2.25. The van der Waals surface area contributed by atoms with Crippen LogP contribution in [0.5, 0.6) is 0 Å². The van der Waals surface area contributed by atoms with Crippen molar-refractivity contribution >= 4 is 12.6 Å². The Hall–Kier alpha value is 0.310. The van der Waals surface area contributed by atoms with Crippen LogP contribution in [0.2, 0.25) is 0 Å². The van der Waals surface area contributed by atoms with E-state index < -0.39 is 0 Å². The Morgan fingerprint density at radius 1 is 1.20 bits per heavy atom.